The van der Waals surface area contributed by atoms with Crippen molar-refractivity contribution in [2.45, 2.75) is 19.4 Å². The smallest absolute Gasteiger partial charge is 0.271 e. The molecule has 0 saturated heterocycles. The van der Waals surface area contributed by atoms with Crippen LogP contribution in [0.15, 0.2) is 114 Å². The van der Waals surface area contributed by atoms with Crippen LogP contribution in [0, 0.1) is 0 Å². The minimum atomic E-state index is -0.284. The minimum Gasteiger partial charge on any atom is -0.494 e. The van der Waals surface area contributed by atoms with E-state index in [9.17, 15) is 4.79 Å². The average molecular weight is 490 g/mol. The van der Waals surface area contributed by atoms with Crippen LogP contribution in [0.25, 0.3) is 0 Å². The Morgan fingerprint density at radius 2 is 1.73 bits per heavy atom. The van der Waals surface area contributed by atoms with Crippen LogP contribution >= 0.6 is 0 Å². The quantitative estimate of drug-likeness (QED) is 0.258. The van der Waals surface area contributed by atoms with Gasteiger partial charge in [-0.3, -0.25) is 14.8 Å². The standard InChI is InChI=1S/C30H27N5O2/c1-2-37-27-14-10-24(11-15-27)29-20-28(23-6-4-3-5-7-23)34-35(29)26-12-8-22(9-13-26)21-32-33-30(36)25-16-18-31-19-17-25/h3-19,21,29H,2,20H2,1H3,(H,33,36)/b32-21+/t29-/m1/s1. The van der Waals surface area contributed by atoms with Gasteiger partial charge in [-0.15, -0.1) is 0 Å². The molecule has 0 radical (unpaired) electrons. The number of ether oxygens (including phenoxy) is 1. The Bertz CT molecular complexity index is 1390. The molecule has 7 nitrogen and oxygen atoms in total. The first-order chi connectivity index (χ1) is 18.2. The Labute approximate surface area is 216 Å². The molecule has 3 aromatic carbocycles. The second-order valence-electron chi connectivity index (χ2n) is 8.51. The van der Waals surface area contributed by atoms with Crippen LogP contribution in [0.1, 0.15) is 46.4 Å². The molecule has 37 heavy (non-hydrogen) atoms. The molecule has 0 bridgehead atoms. The summed E-state index contributed by atoms with van der Waals surface area (Å²) in [7, 11) is 0. The molecule has 1 aromatic heterocycles. The van der Waals surface area contributed by atoms with E-state index < -0.39 is 0 Å². The van der Waals surface area contributed by atoms with Crippen LogP contribution in [-0.4, -0.2) is 29.4 Å². The predicted octanol–water partition coefficient (Wildman–Crippen LogP) is 5.60. The number of nitrogens with one attached hydrogen (secondary N) is 1. The van der Waals surface area contributed by atoms with Gasteiger partial charge in [0.1, 0.15) is 5.75 Å². The Kier molecular flexibility index (Phi) is 7.31. The van der Waals surface area contributed by atoms with E-state index in [1.807, 2.05) is 61.5 Å². The van der Waals surface area contributed by atoms with Crippen molar-refractivity contribution in [1.82, 2.24) is 10.4 Å². The molecule has 0 aliphatic carbocycles. The lowest BCUT2D eigenvalue weighted by Gasteiger charge is -2.24. The molecular weight excluding hydrogens is 462 g/mol. The number of amides is 1. The highest BCUT2D eigenvalue weighted by atomic mass is 16.5. The van der Waals surface area contributed by atoms with E-state index >= 15 is 0 Å². The summed E-state index contributed by atoms with van der Waals surface area (Å²) < 4.78 is 5.63. The summed E-state index contributed by atoms with van der Waals surface area (Å²) in [6.07, 6.45) is 5.56. The number of benzene rings is 3. The number of carbonyl (C=O) groups excluding carboxylic acids is 1. The molecular formula is C30H27N5O2. The van der Waals surface area contributed by atoms with Crippen molar-refractivity contribution in [1.29, 1.82) is 0 Å². The summed E-state index contributed by atoms with van der Waals surface area (Å²) in [5.41, 5.74) is 8.22. The number of hydrogen-bond donors (Lipinski definition) is 1. The zero-order valence-corrected chi connectivity index (χ0v) is 20.5. The van der Waals surface area contributed by atoms with Crippen LogP contribution in [0.2, 0.25) is 0 Å². The molecule has 5 rings (SSSR count). The lowest BCUT2D eigenvalue weighted by atomic mass is 9.98. The highest BCUT2D eigenvalue weighted by Gasteiger charge is 2.29. The number of pyridine rings is 1. The molecule has 1 aliphatic heterocycles. The maximum atomic E-state index is 12.2. The number of nitrogens with zero attached hydrogens (tertiary/aromatic N) is 4. The van der Waals surface area contributed by atoms with E-state index in [0.717, 1.165) is 34.7 Å². The second kappa shape index (κ2) is 11.3. The van der Waals surface area contributed by atoms with Crippen molar-refractivity contribution in [2.75, 3.05) is 11.6 Å². The summed E-state index contributed by atoms with van der Waals surface area (Å²) in [5.74, 6) is 0.577. The first kappa shape index (κ1) is 23.9. The van der Waals surface area contributed by atoms with Gasteiger partial charge < -0.3 is 4.74 Å². The van der Waals surface area contributed by atoms with Crippen molar-refractivity contribution in [2.24, 2.45) is 10.2 Å². The Hall–Kier alpha value is -4.78. The van der Waals surface area contributed by atoms with E-state index in [0.29, 0.717) is 12.2 Å². The molecule has 184 valence electrons. The highest BCUT2D eigenvalue weighted by Crippen LogP contribution is 2.37. The average Bonchev–Trinajstić information content (AvgIpc) is 3.40. The van der Waals surface area contributed by atoms with Crippen LogP contribution in [-0.2, 0) is 0 Å². The first-order valence-electron chi connectivity index (χ1n) is 12.2. The maximum absolute atomic E-state index is 12.2. The van der Waals surface area contributed by atoms with Crippen LogP contribution in [0.5, 0.6) is 5.75 Å². The van der Waals surface area contributed by atoms with Gasteiger partial charge in [-0.1, -0.05) is 54.6 Å². The summed E-state index contributed by atoms with van der Waals surface area (Å²) in [6, 6.07) is 29.8. The van der Waals surface area contributed by atoms with Gasteiger partial charge in [-0.2, -0.15) is 10.2 Å². The minimum absolute atomic E-state index is 0.0602. The lowest BCUT2D eigenvalue weighted by molar-refractivity contribution is 0.0955. The zero-order valence-electron chi connectivity index (χ0n) is 20.5. The number of hydrazone groups is 2. The van der Waals surface area contributed by atoms with E-state index in [4.69, 9.17) is 9.84 Å². The molecule has 0 unspecified atom stereocenters. The topological polar surface area (TPSA) is 79.2 Å². The molecule has 1 amide bonds. The summed E-state index contributed by atoms with van der Waals surface area (Å²) in [4.78, 5) is 16.1. The third kappa shape index (κ3) is 5.73. The monoisotopic (exact) mass is 489 g/mol. The van der Waals surface area contributed by atoms with Crippen LogP contribution in [0.4, 0.5) is 5.69 Å². The summed E-state index contributed by atoms with van der Waals surface area (Å²) >= 11 is 0. The first-order valence-corrected chi connectivity index (χ1v) is 12.2. The molecule has 7 heteroatoms. The van der Waals surface area contributed by atoms with Crippen molar-refractivity contribution < 1.29 is 9.53 Å². The predicted molar refractivity (Wildman–Crippen MR) is 146 cm³/mol. The molecule has 0 fully saturated rings. The Morgan fingerprint density at radius 1 is 1.00 bits per heavy atom. The highest BCUT2D eigenvalue weighted by molar-refractivity contribution is 6.03. The van der Waals surface area contributed by atoms with E-state index in [1.54, 1.807) is 30.7 Å². The number of carbonyl (C=O) groups is 1. The van der Waals surface area contributed by atoms with E-state index in [2.05, 4.69) is 44.8 Å². The molecule has 0 saturated carbocycles. The van der Waals surface area contributed by atoms with Crippen molar-refractivity contribution in [3.8, 4) is 5.75 Å². The Balaban J connectivity index is 1.35. The number of aromatic nitrogens is 1. The van der Waals surface area contributed by atoms with Gasteiger partial charge in [0.15, 0.2) is 0 Å². The number of anilines is 1. The van der Waals surface area contributed by atoms with Gasteiger partial charge in [0, 0.05) is 24.4 Å². The molecule has 2 heterocycles. The Morgan fingerprint density at radius 3 is 2.43 bits per heavy atom. The van der Waals surface area contributed by atoms with Gasteiger partial charge in [0.2, 0.25) is 0 Å². The largest absolute Gasteiger partial charge is 0.494 e. The van der Waals surface area contributed by atoms with Crippen molar-refractivity contribution in [3.63, 3.8) is 0 Å². The summed E-state index contributed by atoms with van der Waals surface area (Å²) in [5, 5.41) is 11.2. The fourth-order valence-corrected chi connectivity index (χ4v) is 4.21. The lowest BCUT2D eigenvalue weighted by Crippen LogP contribution is -2.18. The van der Waals surface area contributed by atoms with Gasteiger partial charge in [-0.05, 0) is 60.0 Å². The fourth-order valence-electron chi connectivity index (χ4n) is 4.21. The summed E-state index contributed by atoms with van der Waals surface area (Å²) in [6.45, 7) is 2.62. The van der Waals surface area contributed by atoms with E-state index in [-0.39, 0.29) is 11.9 Å². The van der Waals surface area contributed by atoms with Crippen LogP contribution < -0.4 is 15.2 Å². The van der Waals surface area contributed by atoms with Crippen molar-refractivity contribution >= 4 is 23.5 Å². The molecule has 0 spiro atoms. The van der Waals surface area contributed by atoms with Gasteiger partial charge in [-0.25, -0.2) is 5.43 Å². The third-order valence-corrected chi connectivity index (χ3v) is 6.07. The molecule has 1 aliphatic rings. The number of rotatable bonds is 8. The molecule has 1 atom stereocenters. The second-order valence-corrected chi connectivity index (χ2v) is 8.51. The van der Waals surface area contributed by atoms with Gasteiger partial charge in [0.25, 0.3) is 5.91 Å². The SMILES string of the molecule is CCOc1ccc([C@H]2CC(c3ccccc3)=NN2c2ccc(/C=N/NC(=O)c3ccncc3)cc2)cc1. The maximum Gasteiger partial charge on any atom is 0.271 e. The van der Waals surface area contributed by atoms with E-state index in [1.165, 1.54) is 5.56 Å². The fraction of sp³-hybridized carbons (Fsp3) is 0.133. The van der Waals surface area contributed by atoms with Crippen molar-refractivity contribution in [3.05, 3.63) is 126 Å². The normalized spacial score (nSPS) is 15.0. The molecule has 1 N–H and O–H groups in total. The van der Waals surface area contributed by atoms with Gasteiger partial charge >= 0.3 is 0 Å². The third-order valence-electron chi connectivity index (χ3n) is 6.07. The van der Waals surface area contributed by atoms with Crippen LogP contribution in [0.3, 0.4) is 0 Å². The van der Waals surface area contributed by atoms with Gasteiger partial charge in [0.05, 0.1) is 30.3 Å². The molecule has 4 aromatic rings. The zero-order chi connectivity index (χ0) is 25.5. The number of hydrogen-bond acceptors (Lipinski definition) is 6.